The highest BCUT2D eigenvalue weighted by Crippen LogP contribution is 2.32. The Hall–Kier alpha value is -1.60. The molecular weight excluding hydrogens is 320 g/mol. The molecule has 7 heteroatoms. The van der Waals surface area contributed by atoms with E-state index >= 15 is 0 Å². The fraction of sp³-hybridized carbons (Fsp3) is 0.647. The van der Waals surface area contributed by atoms with Gasteiger partial charge in [-0.05, 0) is 38.6 Å². The van der Waals surface area contributed by atoms with Crippen molar-refractivity contribution in [1.82, 2.24) is 25.5 Å². The van der Waals surface area contributed by atoms with Crippen LogP contribution in [0.1, 0.15) is 39.9 Å². The molecule has 3 heterocycles. The second-order valence-corrected chi connectivity index (χ2v) is 7.97. The summed E-state index contributed by atoms with van der Waals surface area (Å²) >= 11 is 1.67. The Morgan fingerprint density at radius 1 is 1.17 bits per heavy atom. The quantitative estimate of drug-likeness (QED) is 0.834. The average Bonchev–Trinajstić information content (AvgIpc) is 3.32. The summed E-state index contributed by atoms with van der Waals surface area (Å²) in [6.07, 6.45) is 6.59. The minimum absolute atomic E-state index is 0.809. The zero-order chi connectivity index (χ0) is 16.4. The third-order valence-corrected chi connectivity index (χ3v) is 5.50. The van der Waals surface area contributed by atoms with Crippen molar-refractivity contribution in [1.29, 1.82) is 0 Å². The van der Waals surface area contributed by atoms with Crippen LogP contribution in [0.15, 0.2) is 0 Å². The zero-order valence-corrected chi connectivity index (χ0v) is 15.0. The van der Waals surface area contributed by atoms with Gasteiger partial charge in [-0.3, -0.25) is 0 Å². The molecule has 1 aliphatic carbocycles. The van der Waals surface area contributed by atoms with Crippen molar-refractivity contribution in [2.24, 2.45) is 5.92 Å². The highest BCUT2D eigenvalue weighted by Gasteiger charge is 2.24. The van der Waals surface area contributed by atoms with Crippen molar-refractivity contribution in [3.8, 4) is 0 Å². The summed E-state index contributed by atoms with van der Waals surface area (Å²) in [6.45, 7) is 4.85. The van der Waals surface area contributed by atoms with Crippen LogP contribution in [-0.4, -0.2) is 39.8 Å². The normalized spacial score (nSPS) is 17.4. The van der Waals surface area contributed by atoms with E-state index in [1.165, 1.54) is 24.1 Å². The first-order chi connectivity index (χ1) is 11.8. The van der Waals surface area contributed by atoms with Gasteiger partial charge in [0.2, 0.25) is 0 Å². The van der Waals surface area contributed by atoms with E-state index < -0.39 is 0 Å². The number of hydrogen-bond acceptors (Lipinski definition) is 7. The van der Waals surface area contributed by atoms with Gasteiger partial charge in [-0.1, -0.05) is 0 Å². The smallest absolute Gasteiger partial charge is 0.133 e. The van der Waals surface area contributed by atoms with Crippen LogP contribution in [0, 0.1) is 12.8 Å². The molecule has 1 saturated carbocycles. The van der Waals surface area contributed by atoms with E-state index in [0.29, 0.717) is 0 Å². The number of fused-ring (bicyclic) bond motifs is 1. The van der Waals surface area contributed by atoms with Crippen molar-refractivity contribution in [2.45, 2.75) is 45.4 Å². The van der Waals surface area contributed by atoms with Crippen molar-refractivity contribution in [3.05, 3.63) is 27.1 Å². The zero-order valence-electron chi connectivity index (χ0n) is 14.1. The average molecular weight is 344 g/mol. The Morgan fingerprint density at radius 2 is 2.04 bits per heavy atom. The van der Waals surface area contributed by atoms with Crippen LogP contribution in [0.3, 0.4) is 0 Å². The van der Waals surface area contributed by atoms with Gasteiger partial charge in [-0.25, -0.2) is 9.97 Å². The summed E-state index contributed by atoms with van der Waals surface area (Å²) in [7, 11) is 0. The van der Waals surface area contributed by atoms with Gasteiger partial charge in [0, 0.05) is 37.9 Å². The second kappa shape index (κ2) is 7.11. The van der Waals surface area contributed by atoms with E-state index in [-0.39, 0.29) is 0 Å². The third kappa shape index (κ3) is 3.89. The van der Waals surface area contributed by atoms with Gasteiger partial charge in [-0.15, -0.1) is 21.5 Å². The molecule has 1 aliphatic heterocycles. The first-order valence-electron chi connectivity index (χ1n) is 8.90. The highest BCUT2D eigenvalue weighted by molar-refractivity contribution is 7.11. The summed E-state index contributed by atoms with van der Waals surface area (Å²) in [5, 5.41) is 17.4. The lowest BCUT2D eigenvalue weighted by atomic mass is 10.1. The largest absolute Gasteiger partial charge is 0.369 e. The van der Waals surface area contributed by atoms with Crippen LogP contribution >= 0.6 is 11.3 Å². The molecule has 2 aromatic rings. The Morgan fingerprint density at radius 3 is 2.83 bits per heavy atom. The van der Waals surface area contributed by atoms with Gasteiger partial charge in [0.25, 0.3) is 0 Å². The number of nitrogens with one attached hydrogen (secondary N) is 2. The molecule has 0 saturated heterocycles. The Labute approximate surface area is 146 Å². The van der Waals surface area contributed by atoms with Gasteiger partial charge in [0.1, 0.15) is 21.7 Å². The first kappa shape index (κ1) is 15.9. The Balaban J connectivity index is 1.50. The number of nitrogens with zero attached hydrogens (tertiary/aromatic N) is 4. The fourth-order valence-electron chi connectivity index (χ4n) is 3.14. The van der Waals surface area contributed by atoms with Gasteiger partial charge >= 0.3 is 0 Å². The van der Waals surface area contributed by atoms with Gasteiger partial charge in [0.05, 0.1) is 5.69 Å². The predicted octanol–water partition coefficient (Wildman–Crippen LogP) is 1.93. The summed E-state index contributed by atoms with van der Waals surface area (Å²) in [4.78, 5) is 9.73. The molecule has 2 aromatic heterocycles. The van der Waals surface area contributed by atoms with Crippen molar-refractivity contribution in [2.75, 3.05) is 25.0 Å². The van der Waals surface area contributed by atoms with Crippen LogP contribution in [0.2, 0.25) is 0 Å². The van der Waals surface area contributed by atoms with Crippen molar-refractivity contribution in [3.63, 3.8) is 0 Å². The maximum Gasteiger partial charge on any atom is 0.133 e. The monoisotopic (exact) mass is 344 g/mol. The fourth-order valence-corrected chi connectivity index (χ4v) is 3.85. The van der Waals surface area contributed by atoms with E-state index in [2.05, 4.69) is 20.8 Å². The van der Waals surface area contributed by atoms with Crippen molar-refractivity contribution >= 4 is 17.2 Å². The second-order valence-electron chi connectivity index (χ2n) is 6.70. The molecule has 24 heavy (non-hydrogen) atoms. The van der Waals surface area contributed by atoms with Gasteiger partial charge < -0.3 is 10.6 Å². The number of rotatable bonds is 6. The predicted molar refractivity (Wildman–Crippen MR) is 95.6 cm³/mol. The molecule has 4 rings (SSSR count). The number of hydrogen-bond donors (Lipinski definition) is 2. The Bertz CT molecular complexity index is 709. The number of anilines is 1. The minimum atomic E-state index is 0.809. The van der Waals surface area contributed by atoms with Crippen LogP contribution < -0.4 is 10.6 Å². The maximum atomic E-state index is 4.87. The molecule has 6 nitrogen and oxygen atoms in total. The lowest BCUT2D eigenvalue weighted by Crippen LogP contribution is -2.16. The van der Waals surface area contributed by atoms with E-state index in [9.17, 15) is 0 Å². The van der Waals surface area contributed by atoms with E-state index in [0.717, 1.165) is 72.9 Å². The summed E-state index contributed by atoms with van der Waals surface area (Å²) in [5.41, 5.74) is 2.54. The molecule has 0 bridgehead atoms. The summed E-state index contributed by atoms with van der Waals surface area (Å²) in [6, 6.07) is 0. The molecule has 0 atom stereocenters. The molecule has 0 radical (unpaired) electrons. The molecular formula is C17H24N6S. The maximum absolute atomic E-state index is 4.87. The van der Waals surface area contributed by atoms with Crippen LogP contribution in [-0.2, 0) is 25.7 Å². The van der Waals surface area contributed by atoms with Crippen LogP contribution in [0.4, 0.5) is 5.82 Å². The van der Waals surface area contributed by atoms with Gasteiger partial charge in [-0.2, -0.15) is 0 Å². The molecule has 0 aromatic carbocycles. The van der Waals surface area contributed by atoms with E-state index in [4.69, 9.17) is 9.97 Å². The molecule has 128 valence electrons. The van der Waals surface area contributed by atoms with E-state index in [1.54, 1.807) is 11.3 Å². The van der Waals surface area contributed by atoms with Crippen molar-refractivity contribution < 1.29 is 0 Å². The SMILES string of the molecule is Cc1nnc(CCNc2nc(CC3CC3)nc3c2CCNCC3)s1. The molecule has 0 unspecified atom stereocenters. The lowest BCUT2D eigenvalue weighted by Gasteiger charge is -2.14. The van der Waals surface area contributed by atoms with Crippen LogP contribution in [0.25, 0.3) is 0 Å². The number of aryl methyl sites for hydroxylation is 1. The summed E-state index contributed by atoms with van der Waals surface area (Å²) in [5.74, 6) is 2.87. The first-order valence-corrected chi connectivity index (χ1v) is 9.72. The molecule has 0 spiro atoms. The standard InChI is InChI=1S/C17H24N6S/c1-11-22-23-16(24-11)6-9-19-17-13-4-7-18-8-5-14(13)20-15(21-17)10-12-2-3-12/h12,18H,2-10H2,1H3,(H,19,20,21). The molecule has 1 fully saturated rings. The molecule has 2 N–H and O–H groups in total. The molecule has 0 amide bonds. The minimum Gasteiger partial charge on any atom is -0.369 e. The van der Waals surface area contributed by atoms with Crippen LogP contribution in [0.5, 0.6) is 0 Å². The van der Waals surface area contributed by atoms with Gasteiger partial charge in [0.15, 0.2) is 0 Å². The lowest BCUT2D eigenvalue weighted by molar-refractivity contribution is 0.706. The highest BCUT2D eigenvalue weighted by atomic mass is 32.1. The number of aromatic nitrogens is 4. The summed E-state index contributed by atoms with van der Waals surface area (Å²) < 4.78 is 0. The third-order valence-electron chi connectivity index (χ3n) is 4.60. The Kier molecular flexibility index (Phi) is 4.71. The van der Waals surface area contributed by atoms with E-state index in [1.807, 2.05) is 6.92 Å². The topological polar surface area (TPSA) is 75.6 Å². The molecule has 2 aliphatic rings.